The molecule has 7 aliphatic rings. The van der Waals surface area contributed by atoms with Gasteiger partial charge in [-0.15, -0.1) is 0 Å². The molecule has 0 aromatic rings. The number of ether oxygens (including phenoxy) is 10. The highest BCUT2D eigenvalue weighted by molar-refractivity contribution is 5.78. The minimum absolute atomic E-state index is 0.00708. The molecular weight excluding hydrogens is 801 g/mol. The first kappa shape index (κ1) is 47.9. The van der Waals surface area contributed by atoms with Crippen LogP contribution in [0.2, 0.25) is 0 Å². The third-order valence-corrected chi connectivity index (χ3v) is 14.9. The van der Waals surface area contributed by atoms with Crippen LogP contribution in [0.25, 0.3) is 0 Å². The second-order valence-corrected chi connectivity index (χ2v) is 19.4. The molecule has 1 spiro atoms. The summed E-state index contributed by atoms with van der Waals surface area (Å²) in [5, 5.41) is 34.2. The van der Waals surface area contributed by atoms with Crippen molar-refractivity contribution >= 4 is 5.97 Å². The van der Waals surface area contributed by atoms with Crippen LogP contribution >= 0.6 is 0 Å². The highest BCUT2D eigenvalue weighted by atomic mass is 16.7. The van der Waals surface area contributed by atoms with Gasteiger partial charge in [-0.25, -0.2) is 0 Å². The molecule has 0 radical (unpaired) electrons. The molecule has 20 atom stereocenters. The summed E-state index contributed by atoms with van der Waals surface area (Å²) in [6, 6.07) is 0. The number of fused-ring (bicyclic) bond motifs is 2. The van der Waals surface area contributed by atoms with E-state index in [4.69, 9.17) is 47.4 Å². The molecule has 350 valence electrons. The maximum Gasteiger partial charge on any atom is 0.316 e. The van der Waals surface area contributed by atoms with Crippen molar-refractivity contribution in [3.63, 3.8) is 0 Å². The summed E-state index contributed by atoms with van der Waals surface area (Å²) in [6.45, 7) is 16.3. The highest BCUT2D eigenvalue weighted by Crippen LogP contribution is 2.48. The lowest BCUT2D eigenvalue weighted by molar-refractivity contribution is -0.340. The van der Waals surface area contributed by atoms with Gasteiger partial charge in [0.2, 0.25) is 0 Å². The Kier molecular flexibility index (Phi) is 15.3. The van der Waals surface area contributed by atoms with E-state index in [9.17, 15) is 20.1 Å². The smallest absolute Gasteiger partial charge is 0.316 e. The molecule has 0 amide bonds. The standard InChI is InChI=1S/C48H74O14/c1-11-25(2)43-28(5)17-18-47(62-43)23-34-20-33(61-47)16-15-27(4)42(26(3)13-12-14-32-24-55-45-40(49)29(6)19-35(46(51)58-34)48(32,45)52)59-39-22-37(54-10)44(31(8)57-39)60-38-21-36(53-9)41(50)30(7)56-38/h12-15,19,25-26,28,30-31,33-45,49-50,52H,11,16-18,20-24H2,1-10H3/b13-12+,27-15+,32-14+/t25-,26-,28-,30-,31-,33+,34-,35+,36-,37-,38-,39-,40+,41-,42-,43+,44-,45+,47+,48+/m0/s1. The predicted molar refractivity (Wildman–Crippen MR) is 227 cm³/mol. The van der Waals surface area contributed by atoms with Crippen LogP contribution < -0.4 is 0 Å². The van der Waals surface area contributed by atoms with E-state index in [1.165, 1.54) is 0 Å². The lowest BCUT2D eigenvalue weighted by Crippen LogP contribution is -2.58. The number of allylic oxidation sites excluding steroid dienone is 2. The van der Waals surface area contributed by atoms with E-state index in [0.29, 0.717) is 61.5 Å². The van der Waals surface area contributed by atoms with Gasteiger partial charge in [-0.1, -0.05) is 64.5 Å². The quantitative estimate of drug-likeness (QED) is 0.204. The topological polar surface area (TPSA) is 170 Å². The number of hydrogen-bond donors (Lipinski definition) is 3. The average Bonchev–Trinajstić information content (AvgIpc) is 3.58. The van der Waals surface area contributed by atoms with Gasteiger partial charge in [0.15, 0.2) is 18.4 Å². The molecule has 6 heterocycles. The number of hydrogen-bond acceptors (Lipinski definition) is 14. The first-order valence-electron chi connectivity index (χ1n) is 23.2. The highest BCUT2D eigenvalue weighted by Gasteiger charge is 2.60. The first-order valence-corrected chi connectivity index (χ1v) is 23.2. The molecule has 1 aliphatic carbocycles. The van der Waals surface area contributed by atoms with Crippen LogP contribution in [0.1, 0.15) is 107 Å². The fraction of sp³-hybridized carbons (Fsp3) is 0.812. The number of carbonyl (C=O) groups is 1. The predicted octanol–water partition coefficient (Wildman–Crippen LogP) is 5.60. The largest absolute Gasteiger partial charge is 0.462 e. The second kappa shape index (κ2) is 19.8. The monoisotopic (exact) mass is 875 g/mol. The summed E-state index contributed by atoms with van der Waals surface area (Å²) in [4.78, 5) is 14.4. The van der Waals surface area contributed by atoms with Gasteiger partial charge in [-0.3, -0.25) is 4.79 Å². The lowest BCUT2D eigenvalue weighted by atomic mass is 9.71. The summed E-state index contributed by atoms with van der Waals surface area (Å²) in [5.41, 5.74) is 0.188. The number of carbonyl (C=O) groups excluding carboxylic acids is 1. The fourth-order valence-electron chi connectivity index (χ4n) is 11.0. The van der Waals surface area contributed by atoms with E-state index in [0.717, 1.165) is 18.4 Å². The van der Waals surface area contributed by atoms with Crippen molar-refractivity contribution in [2.75, 3.05) is 20.8 Å². The summed E-state index contributed by atoms with van der Waals surface area (Å²) in [7, 11) is 3.23. The van der Waals surface area contributed by atoms with Gasteiger partial charge in [0.25, 0.3) is 0 Å². The number of rotatable bonds is 8. The lowest BCUT2D eigenvalue weighted by Gasteiger charge is -2.51. The summed E-state index contributed by atoms with van der Waals surface area (Å²) < 4.78 is 63.9. The Morgan fingerprint density at radius 2 is 1.63 bits per heavy atom. The molecule has 5 fully saturated rings. The molecule has 14 heteroatoms. The Labute approximate surface area is 368 Å². The normalized spacial score (nSPS) is 49.4. The van der Waals surface area contributed by atoms with Crippen LogP contribution in [0.3, 0.4) is 0 Å². The number of methoxy groups -OCH3 is 2. The fourth-order valence-corrected chi connectivity index (χ4v) is 11.0. The molecular formula is C48H74O14. The second-order valence-electron chi connectivity index (χ2n) is 19.4. The molecule has 0 aromatic carbocycles. The molecule has 7 rings (SSSR count). The molecule has 6 aliphatic heterocycles. The third-order valence-electron chi connectivity index (χ3n) is 14.9. The zero-order chi connectivity index (χ0) is 44.7. The van der Waals surface area contributed by atoms with E-state index >= 15 is 0 Å². The van der Waals surface area contributed by atoms with E-state index in [1.54, 1.807) is 40.2 Å². The Hall–Kier alpha value is -2.05. The van der Waals surface area contributed by atoms with Crippen LogP contribution in [-0.2, 0) is 52.2 Å². The van der Waals surface area contributed by atoms with Gasteiger partial charge in [-0.2, -0.15) is 0 Å². The molecule has 14 nitrogen and oxygen atoms in total. The zero-order valence-corrected chi connectivity index (χ0v) is 38.5. The Morgan fingerprint density at radius 1 is 0.919 bits per heavy atom. The van der Waals surface area contributed by atoms with Crippen molar-refractivity contribution in [1.29, 1.82) is 0 Å². The maximum atomic E-state index is 14.4. The Morgan fingerprint density at radius 3 is 2.35 bits per heavy atom. The van der Waals surface area contributed by atoms with Crippen molar-refractivity contribution in [2.45, 2.75) is 204 Å². The van der Waals surface area contributed by atoms with Crippen molar-refractivity contribution in [3.05, 3.63) is 47.1 Å². The molecule has 5 saturated heterocycles. The van der Waals surface area contributed by atoms with E-state index in [2.05, 4.69) is 40.7 Å². The van der Waals surface area contributed by atoms with Crippen LogP contribution in [0, 0.1) is 23.7 Å². The number of aliphatic hydroxyl groups excluding tert-OH is 2. The number of aliphatic hydroxyl groups is 3. The Bertz CT molecular complexity index is 1680. The third kappa shape index (κ3) is 9.73. The molecule has 0 unspecified atom stereocenters. The summed E-state index contributed by atoms with van der Waals surface area (Å²) in [6.07, 6.45) is 6.53. The van der Waals surface area contributed by atoms with E-state index in [-0.39, 0.29) is 30.8 Å². The van der Waals surface area contributed by atoms with Crippen molar-refractivity contribution in [2.24, 2.45) is 23.7 Å². The molecule has 0 saturated carbocycles. The SMILES string of the molecule is CC[C@H](C)[C@H]1O[C@]2(CC[C@@H]1C)C[C@@H]1C[C@@H](C/C=C(\C)[C@@H](O[C@H]3C[C@H](OC)[C@@H](O[C@H]4C[C@H](OC)[C@@H](O)[C@H](C)O4)[C@H](C)O3)[C@@H](C)/C=C/C=C3\CO[C@@H]4[C@H](O)C(C)=C[C@H](C(=O)O1)[C@]34O)O2. The molecule has 3 N–H and O–H groups in total. The number of esters is 1. The van der Waals surface area contributed by atoms with Crippen LogP contribution in [0.15, 0.2) is 47.1 Å². The maximum absolute atomic E-state index is 14.4. The van der Waals surface area contributed by atoms with Crippen LogP contribution in [-0.4, -0.2) is 139 Å². The minimum atomic E-state index is -1.82. The van der Waals surface area contributed by atoms with Gasteiger partial charge < -0.3 is 62.7 Å². The molecule has 0 aromatic heterocycles. The average molecular weight is 875 g/mol. The molecule has 2 bridgehead atoms. The van der Waals surface area contributed by atoms with Gasteiger partial charge >= 0.3 is 5.97 Å². The van der Waals surface area contributed by atoms with Gasteiger partial charge in [0.1, 0.15) is 42.0 Å². The summed E-state index contributed by atoms with van der Waals surface area (Å²) >= 11 is 0. The van der Waals surface area contributed by atoms with Crippen molar-refractivity contribution in [1.82, 2.24) is 0 Å². The first-order chi connectivity index (χ1) is 29.5. The van der Waals surface area contributed by atoms with Gasteiger partial charge in [0.05, 0.1) is 49.3 Å². The van der Waals surface area contributed by atoms with Gasteiger partial charge in [0, 0.05) is 52.2 Å². The Balaban J connectivity index is 1.18. The van der Waals surface area contributed by atoms with Crippen molar-refractivity contribution < 1.29 is 67.5 Å². The van der Waals surface area contributed by atoms with Crippen molar-refractivity contribution in [3.8, 4) is 0 Å². The zero-order valence-electron chi connectivity index (χ0n) is 38.5. The van der Waals surface area contributed by atoms with Gasteiger partial charge in [-0.05, 0) is 69.1 Å². The van der Waals surface area contributed by atoms with E-state index < -0.39 is 90.8 Å². The van der Waals surface area contributed by atoms with Crippen LogP contribution in [0.5, 0.6) is 0 Å². The minimum Gasteiger partial charge on any atom is -0.462 e. The van der Waals surface area contributed by atoms with Crippen LogP contribution in [0.4, 0.5) is 0 Å². The molecule has 62 heavy (non-hydrogen) atoms. The summed E-state index contributed by atoms with van der Waals surface area (Å²) in [5.74, 6) is -2.10. The van der Waals surface area contributed by atoms with E-state index in [1.807, 2.05) is 19.1 Å².